The van der Waals surface area contributed by atoms with Gasteiger partial charge < -0.3 is 10.2 Å². The summed E-state index contributed by atoms with van der Waals surface area (Å²) in [6, 6.07) is 9.75. The molecule has 1 N–H and O–H groups in total. The van der Waals surface area contributed by atoms with Crippen molar-refractivity contribution in [1.29, 1.82) is 0 Å². The lowest BCUT2D eigenvalue weighted by Crippen LogP contribution is -2.47. The van der Waals surface area contributed by atoms with Crippen LogP contribution < -0.4 is 5.32 Å². The number of nitrogens with one attached hydrogen (secondary N) is 1. The van der Waals surface area contributed by atoms with Crippen molar-refractivity contribution in [2.24, 2.45) is 0 Å². The fraction of sp³-hybridized carbons (Fsp3) is 0.188. The van der Waals surface area contributed by atoms with Crippen LogP contribution in [0.3, 0.4) is 0 Å². The second-order valence-electron chi connectivity index (χ2n) is 5.61. The standard InChI is InChI=1S/C16H11ClF3N3O3/c17-11-6-5-9(7-13(11)23(25)26)14-21-12-4-2-1-3-10(12)15(24)22(14)8-16(18,19)20/h1-7,14,21H,8H2. The Labute approximate surface area is 150 Å². The summed E-state index contributed by atoms with van der Waals surface area (Å²) in [5.41, 5.74) is 0.104. The third-order valence-electron chi connectivity index (χ3n) is 3.85. The van der Waals surface area contributed by atoms with Crippen LogP contribution in [-0.2, 0) is 0 Å². The van der Waals surface area contributed by atoms with E-state index in [9.17, 15) is 28.1 Å². The summed E-state index contributed by atoms with van der Waals surface area (Å²) in [7, 11) is 0. The minimum atomic E-state index is -4.64. The Kier molecular flexibility index (Phi) is 4.49. The molecule has 1 atom stereocenters. The molecule has 0 aliphatic carbocycles. The number of amides is 1. The van der Waals surface area contributed by atoms with Gasteiger partial charge in [-0.2, -0.15) is 13.2 Å². The summed E-state index contributed by atoms with van der Waals surface area (Å²) >= 11 is 5.76. The summed E-state index contributed by atoms with van der Waals surface area (Å²) in [6.45, 7) is -1.51. The maximum Gasteiger partial charge on any atom is 0.406 e. The molecule has 1 aliphatic heterocycles. The van der Waals surface area contributed by atoms with Crippen LogP contribution in [0.5, 0.6) is 0 Å². The van der Waals surface area contributed by atoms with Crippen LogP contribution in [0.25, 0.3) is 0 Å². The lowest BCUT2D eigenvalue weighted by atomic mass is 10.0. The number of nitro benzene ring substituents is 1. The number of alkyl halides is 3. The number of carbonyl (C=O) groups excluding carboxylic acids is 1. The zero-order chi connectivity index (χ0) is 19.1. The van der Waals surface area contributed by atoms with E-state index in [0.717, 1.165) is 6.07 Å². The Hall–Kier alpha value is -2.81. The van der Waals surface area contributed by atoms with Gasteiger partial charge >= 0.3 is 6.18 Å². The Morgan fingerprint density at radius 3 is 2.58 bits per heavy atom. The average Bonchev–Trinajstić information content (AvgIpc) is 2.56. The second-order valence-corrected chi connectivity index (χ2v) is 6.02. The maximum absolute atomic E-state index is 13.0. The molecule has 0 saturated heterocycles. The topological polar surface area (TPSA) is 75.5 Å². The second kappa shape index (κ2) is 6.49. The number of anilines is 1. The van der Waals surface area contributed by atoms with Gasteiger partial charge in [-0.15, -0.1) is 0 Å². The molecule has 0 saturated carbocycles. The highest BCUT2D eigenvalue weighted by Crippen LogP contribution is 2.37. The SMILES string of the molecule is O=C1c2ccccc2NC(c2ccc(Cl)c([N+](=O)[O-])c2)N1CC(F)(F)F. The summed E-state index contributed by atoms with van der Waals surface area (Å²) in [5.74, 6) is -0.820. The number of hydrogen-bond acceptors (Lipinski definition) is 4. The van der Waals surface area contributed by atoms with Gasteiger partial charge in [-0.05, 0) is 18.2 Å². The van der Waals surface area contributed by atoms with Crippen molar-refractivity contribution >= 4 is 28.9 Å². The highest BCUT2D eigenvalue weighted by Gasteiger charge is 2.41. The first-order valence-electron chi connectivity index (χ1n) is 7.34. The van der Waals surface area contributed by atoms with Gasteiger partial charge in [0.15, 0.2) is 0 Å². The molecule has 0 aromatic heterocycles. The van der Waals surface area contributed by atoms with E-state index in [1.54, 1.807) is 12.1 Å². The Morgan fingerprint density at radius 1 is 1.23 bits per heavy atom. The summed E-state index contributed by atoms with van der Waals surface area (Å²) < 4.78 is 39.0. The summed E-state index contributed by atoms with van der Waals surface area (Å²) in [5, 5.41) is 13.8. The van der Waals surface area contributed by atoms with Crippen molar-refractivity contribution in [2.75, 3.05) is 11.9 Å². The number of para-hydroxylation sites is 1. The number of benzene rings is 2. The van der Waals surface area contributed by atoms with Gasteiger partial charge in [0.2, 0.25) is 0 Å². The van der Waals surface area contributed by atoms with Crippen molar-refractivity contribution in [1.82, 2.24) is 4.90 Å². The zero-order valence-corrected chi connectivity index (χ0v) is 13.7. The molecule has 3 rings (SSSR count). The number of nitro groups is 1. The lowest BCUT2D eigenvalue weighted by molar-refractivity contribution is -0.384. The first-order valence-corrected chi connectivity index (χ1v) is 7.72. The largest absolute Gasteiger partial charge is 0.406 e. The van der Waals surface area contributed by atoms with Gasteiger partial charge in [-0.3, -0.25) is 14.9 Å². The van der Waals surface area contributed by atoms with Crippen LogP contribution in [-0.4, -0.2) is 28.5 Å². The highest BCUT2D eigenvalue weighted by molar-refractivity contribution is 6.32. The van der Waals surface area contributed by atoms with Crippen LogP contribution in [0.1, 0.15) is 22.1 Å². The molecule has 10 heteroatoms. The number of hydrogen-bond donors (Lipinski definition) is 1. The lowest BCUT2D eigenvalue weighted by Gasteiger charge is -2.38. The van der Waals surface area contributed by atoms with Crippen LogP contribution in [0, 0.1) is 10.1 Å². The first-order chi connectivity index (χ1) is 12.2. The van der Waals surface area contributed by atoms with Crippen LogP contribution in [0.4, 0.5) is 24.5 Å². The van der Waals surface area contributed by atoms with Crippen molar-refractivity contribution in [3.63, 3.8) is 0 Å². The Morgan fingerprint density at radius 2 is 1.92 bits per heavy atom. The molecular formula is C16H11ClF3N3O3. The van der Waals surface area contributed by atoms with Gasteiger partial charge in [-0.25, -0.2) is 0 Å². The smallest absolute Gasteiger partial charge is 0.361 e. The Balaban J connectivity index is 2.09. The summed E-state index contributed by atoms with van der Waals surface area (Å²) in [4.78, 5) is 23.5. The number of rotatable bonds is 3. The number of nitrogens with zero attached hydrogens (tertiary/aromatic N) is 2. The molecular weight excluding hydrogens is 375 g/mol. The molecule has 26 heavy (non-hydrogen) atoms. The van der Waals surface area contributed by atoms with Gasteiger partial charge in [0.1, 0.15) is 17.7 Å². The van der Waals surface area contributed by atoms with Crippen molar-refractivity contribution in [3.8, 4) is 0 Å². The third kappa shape index (κ3) is 3.43. The molecule has 1 heterocycles. The van der Waals surface area contributed by atoms with E-state index < -0.39 is 35.4 Å². The van der Waals surface area contributed by atoms with Crippen molar-refractivity contribution in [3.05, 3.63) is 68.7 Å². The van der Waals surface area contributed by atoms with Crippen LogP contribution in [0.15, 0.2) is 42.5 Å². The molecule has 0 bridgehead atoms. The van der Waals surface area contributed by atoms with E-state index in [1.807, 2.05) is 0 Å². The van der Waals surface area contributed by atoms with Crippen LogP contribution in [0.2, 0.25) is 5.02 Å². The summed E-state index contributed by atoms with van der Waals surface area (Å²) in [6.07, 6.45) is -5.87. The average molecular weight is 386 g/mol. The molecule has 2 aromatic carbocycles. The minimum Gasteiger partial charge on any atom is -0.361 e. The molecule has 136 valence electrons. The van der Waals surface area contributed by atoms with E-state index in [2.05, 4.69) is 5.32 Å². The van der Waals surface area contributed by atoms with E-state index in [0.29, 0.717) is 10.6 Å². The normalized spacial score (nSPS) is 16.8. The van der Waals surface area contributed by atoms with Crippen LogP contribution >= 0.6 is 11.6 Å². The third-order valence-corrected chi connectivity index (χ3v) is 4.17. The van der Waals surface area contributed by atoms with Gasteiger partial charge in [-0.1, -0.05) is 29.8 Å². The molecule has 6 nitrogen and oxygen atoms in total. The van der Waals surface area contributed by atoms with E-state index in [1.165, 1.54) is 24.3 Å². The predicted molar refractivity (Wildman–Crippen MR) is 88.0 cm³/mol. The fourth-order valence-electron chi connectivity index (χ4n) is 2.75. The molecule has 1 amide bonds. The predicted octanol–water partition coefficient (Wildman–Crippen LogP) is 4.38. The maximum atomic E-state index is 13.0. The number of carbonyl (C=O) groups is 1. The number of fused-ring (bicyclic) bond motifs is 1. The van der Waals surface area contributed by atoms with E-state index >= 15 is 0 Å². The molecule has 0 fully saturated rings. The Bertz CT molecular complexity index is 889. The van der Waals surface area contributed by atoms with Gasteiger partial charge in [0.05, 0.1) is 10.5 Å². The molecule has 1 aliphatic rings. The van der Waals surface area contributed by atoms with Gasteiger partial charge in [0.25, 0.3) is 11.6 Å². The zero-order valence-electron chi connectivity index (χ0n) is 13.0. The number of halogens is 4. The van der Waals surface area contributed by atoms with Crippen molar-refractivity contribution in [2.45, 2.75) is 12.3 Å². The van der Waals surface area contributed by atoms with Crippen molar-refractivity contribution < 1.29 is 22.9 Å². The quantitative estimate of drug-likeness (QED) is 0.628. The molecule has 1 unspecified atom stereocenters. The minimum absolute atomic E-state index is 0.0939. The van der Waals surface area contributed by atoms with Gasteiger partial charge in [0, 0.05) is 17.3 Å². The first kappa shape index (κ1) is 18.0. The molecule has 2 aromatic rings. The fourth-order valence-corrected chi connectivity index (χ4v) is 2.94. The highest BCUT2D eigenvalue weighted by atomic mass is 35.5. The molecule has 0 spiro atoms. The van der Waals surface area contributed by atoms with E-state index in [4.69, 9.17) is 11.6 Å². The monoisotopic (exact) mass is 385 g/mol. The van der Waals surface area contributed by atoms with E-state index in [-0.39, 0.29) is 16.1 Å². The molecule has 0 radical (unpaired) electrons.